The molecule has 0 heterocycles. The number of halogens is 2. The summed E-state index contributed by atoms with van der Waals surface area (Å²) in [5.74, 6) is 0.0188. The second-order valence-corrected chi connectivity index (χ2v) is 6.11. The average Bonchev–Trinajstić information content (AvgIpc) is 2.61. The van der Waals surface area contributed by atoms with Gasteiger partial charge in [-0.25, -0.2) is 0 Å². The van der Waals surface area contributed by atoms with Crippen molar-refractivity contribution in [1.82, 2.24) is 0 Å². The number of hydrogen-bond donors (Lipinski definition) is 1. The summed E-state index contributed by atoms with van der Waals surface area (Å²) in [6.45, 7) is 1.15. The zero-order valence-electron chi connectivity index (χ0n) is 14.5. The van der Waals surface area contributed by atoms with Crippen LogP contribution in [0.3, 0.4) is 0 Å². The topological polar surface area (TPSA) is 67.9 Å². The summed E-state index contributed by atoms with van der Waals surface area (Å²) in [5.41, 5.74) is 0.832. The highest BCUT2D eigenvalue weighted by Crippen LogP contribution is 2.36. The second kappa shape index (κ2) is 8.78. The summed E-state index contributed by atoms with van der Waals surface area (Å²) in [6.07, 6.45) is 0. The van der Waals surface area contributed by atoms with Gasteiger partial charge in [0.15, 0.2) is 0 Å². The third-order valence-electron chi connectivity index (χ3n) is 3.57. The van der Waals surface area contributed by atoms with Crippen LogP contribution in [0.15, 0.2) is 36.4 Å². The van der Waals surface area contributed by atoms with Crippen molar-refractivity contribution in [2.75, 3.05) is 31.0 Å². The smallest absolute Gasteiger partial charge is 0.244 e. The van der Waals surface area contributed by atoms with E-state index in [9.17, 15) is 9.59 Å². The molecule has 26 heavy (non-hydrogen) atoms. The quantitative estimate of drug-likeness (QED) is 0.800. The monoisotopic (exact) mass is 396 g/mol. The van der Waals surface area contributed by atoms with Crippen LogP contribution >= 0.6 is 23.2 Å². The van der Waals surface area contributed by atoms with E-state index in [2.05, 4.69) is 5.32 Å². The van der Waals surface area contributed by atoms with Gasteiger partial charge in [0.05, 0.1) is 35.6 Å². The molecule has 6 nitrogen and oxygen atoms in total. The van der Waals surface area contributed by atoms with E-state index in [1.165, 1.54) is 32.1 Å². The highest BCUT2D eigenvalue weighted by molar-refractivity contribution is 6.34. The van der Waals surface area contributed by atoms with Crippen LogP contribution in [0.5, 0.6) is 11.5 Å². The first-order valence-corrected chi connectivity index (χ1v) is 8.37. The van der Waals surface area contributed by atoms with Gasteiger partial charge in [0.2, 0.25) is 11.8 Å². The molecule has 0 aliphatic rings. The van der Waals surface area contributed by atoms with Gasteiger partial charge in [0, 0.05) is 19.1 Å². The van der Waals surface area contributed by atoms with Crippen LogP contribution in [0, 0.1) is 0 Å². The number of ether oxygens (including phenoxy) is 2. The van der Waals surface area contributed by atoms with Crippen LogP contribution in [0.25, 0.3) is 0 Å². The molecule has 0 spiro atoms. The first kappa shape index (κ1) is 19.9. The summed E-state index contributed by atoms with van der Waals surface area (Å²) >= 11 is 12.2. The lowest BCUT2D eigenvalue weighted by Gasteiger charge is -2.22. The summed E-state index contributed by atoms with van der Waals surface area (Å²) in [7, 11) is 2.92. The fourth-order valence-corrected chi connectivity index (χ4v) is 2.80. The van der Waals surface area contributed by atoms with E-state index in [0.717, 1.165) is 0 Å². The Balaban J connectivity index is 2.24. The van der Waals surface area contributed by atoms with Crippen LogP contribution < -0.4 is 19.7 Å². The second-order valence-electron chi connectivity index (χ2n) is 5.29. The lowest BCUT2D eigenvalue weighted by Crippen LogP contribution is -2.36. The molecule has 2 rings (SSSR count). The number of amides is 2. The molecular formula is C18H18Cl2N2O4. The molecule has 2 aromatic rings. The lowest BCUT2D eigenvalue weighted by atomic mass is 10.2. The average molecular weight is 397 g/mol. The largest absolute Gasteiger partial charge is 0.495 e. The van der Waals surface area contributed by atoms with E-state index < -0.39 is 5.91 Å². The van der Waals surface area contributed by atoms with E-state index in [-0.39, 0.29) is 12.5 Å². The minimum Gasteiger partial charge on any atom is -0.495 e. The van der Waals surface area contributed by atoms with Gasteiger partial charge in [0.25, 0.3) is 0 Å². The SMILES string of the molecule is COc1cc(NC(=O)CN(C(C)=O)c2ccccc2Cl)c(OC)cc1Cl. The van der Waals surface area contributed by atoms with Gasteiger partial charge in [-0.15, -0.1) is 0 Å². The maximum absolute atomic E-state index is 12.5. The number of anilines is 2. The number of rotatable bonds is 6. The predicted molar refractivity (Wildman–Crippen MR) is 103 cm³/mol. The molecule has 0 saturated carbocycles. The van der Waals surface area contributed by atoms with Gasteiger partial charge in [-0.2, -0.15) is 0 Å². The molecule has 0 fully saturated rings. The molecule has 0 atom stereocenters. The molecule has 0 unspecified atom stereocenters. The molecule has 0 aromatic heterocycles. The highest BCUT2D eigenvalue weighted by atomic mass is 35.5. The Morgan fingerprint density at radius 1 is 1.04 bits per heavy atom. The number of para-hydroxylation sites is 1. The Bertz CT molecular complexity index is 827. The molecule has 138 valence electrons. The standard InChI is InChI=1S/C18H18Cl2N2O4/c1-11(23)22(15-7-5-4-6-12(15)19)10-18(24)21-14-9-16(25-2)13(20)8-17(14)26-3/h4-9H,10H2,1-3H3,(H,21,24). The van der Waals surface area contributed by atoms with E-state index in [4.69, 9.17) is 32.7 Å². The number of benzene rings is 2. The van der Waals surface area contributed by atoms with Crippen LogP contribution in [0.4, 0.5) is 11.4 Å². The first-order chi connectivity index (χ1) is 12.4. The number of carbonyl (C=O) groups excluding carboxylic acids is 2. The summed E-state index contributed by atoms with van der Waals surface area (Å²) < 4.78 is 10.4. The molecule has 2 aromatic carbocycles. The summed E-state index contributed by atoms with van der Waals surface area (Å²) in [6, 6.07) is 9.89. The molecule has 0 bridgehead atoms. The van der Waals surface area contributed by atoms with Crippen molar-refractivity contribution < 1.29 is 19.1 Å². The van der Waals surface area contributed by atoms with Crippen molar-refractivity contribution in [3.8, 4) is 11.5 Å². The Morgan fingerprint density at radius 2 is 1.69 bits per heavy atom. The third kappa shape index (κ3) is 4.59. The van der Waals surface area contributed by atoms with Gasteiger partial charge in [0.1, 0.15) is 18.0 Å². The number of nitrogens with zero attached hydrogens (tertiary/aromatic N) is 1. The Kier molecular flexibility index (Phi) is 6.71. The van der Waals surface area contributed by atoms with Crippen molar-refractivity contribution >= 4 is 46.4 Å². The number of methoxy groups -OCH3 is 2. The Hall–Kier alpha value is -2.44. The van der Waals surface area contributed by atoms with Crippen molar-refractivity contribution in [1.29, 1.82) is 0 Å². The fraction of sp³-hybridized carbons (Fsp3) is 0.222. The van der Waals surface area contributed by atoms with E-state index in [1.54, 1.807) is 30.3 Å². The maximum Gasteiger partial charge on any atom is 0.244 e. The van der Waals surface area contributed by atoms with Crippen LogP contribution in [-0.4, -0.2) is 32.6 Å². The van der Waals surface area contributed by atoms with Gasteiger partial charge < -0.3 is 19.7 Å². The molecule has 0 aliphatic carbocycles. The Labute approximate surface area is 161 Å². The van der Waals surface area contributed by atoms with Gasteiger partial charge in [-0.05, 0) is 12.1 Å². The molecule has 0 saturated heterocycles. The number of hydrogen-bond acceptors (Lipinski definition) is 4. The number of nitrogens with one attached hydrogen (secondary N) is 1. The summed E-state index contributed by atoms with van der Waals surface area (Å²) in [5, 5.41) is 3.43. The highest BCUT2D eigenvalue weighted by Gasteiger charge is 2.19. The molecule has 8 heteroatoms. The van der Waals surface area contributed by atoms with Gasteiger partial charge in [-0.1, -0.05) is 35.3 Å². The first-order valence-electron chi connectivity index (χ1n) is 7.61. The van der Waals surface area contributed by atoms with E-state index in [1.807, 2.05) is 0 Å². The molecule has 2 amide bonds. The van der Waals surface area contributed by atoms with Crippen LogP contribution in [0.2, 0.25) is 10.0 Å². The normalized spacial score (nSPS) is 10.2. The zero-order chi connectivity index (χ0) is 19.3. The third-order valence-corrected chi connectivity index (χ3v) is 4.19. The van der Waals surface area contributed by atoms with Crippen LogP contribution in [-0.2, 0) is 9.59 Å². The fourth-order valence-electron chi connectivity index (χ4n) is 2.33. The Morgan fingerprint density at radius 3 is 2.27 bits per heavy atom. The van der Waals surface area contributed by atoms with Crippen LogP contribution in [0.1, 0.15) is 6.92 Å². The van der Waals surface area contributed by atoms with Crippen molar-refractivity contribution in [3.63, 3.8) is 0 Å². The zero-order valence-corrected chi connectivity index (χ0v) is 16.0. The lowest BCUT2D eigenvalue weighted by molar-refractivity contribution is -0.120. The molecule has 0 radical (unpaired) electrons. The molecule has 0 aliphatic heterocycles. The van der Waals surface area contributed by atoms with Crippen molar-refractivity contribution in [2.45, 2.75) is 6.92 Å². The predicted octanol–water partition coefficient (Wildman–Crippen LogP) is 4.00. The minimum absolute atomic E-state index is 0.215. The maximum atomic E-state index is 12.5. The van der Waals surface area contributed by atoms with Gasteiger partial charge >= 0.3 is 0 Å². The van der Waals surface area contributed by atoms with E-state index in [0.29, 0.717) is 32.9 Å². The number of carbonyl (C=O) groups is 2. The molecular weight excluding hydrogens is 379 g/mol. The van der Waals surface area contributed by atoms with Gasteiger partial charge in [-0.3, -0.25) is 9.59 Å². The molecule has 1 N–H and O–H groups in total. The van der Waals surface area contributed by atoms with E-state index >= 15 is 0 Å². The minimum atomic E-state index is -0.428. The van der Waals surface area contributed by atoms with Crippen molar-refractivity contribution in [2.24, 2.45) is 0 Å². The van der Waals surface area contributed by atoms with Crippen molar-refractivity contribution in [3.05, 3.63) is 46.4 Å². The summed E-state index contributed by atoms with van der Waals surface area (Å²) in [4.78, 5) is 25.8.